The number of hydrogen-bond acceptors (Lipinski definition) is 4. The molecule has 1 heterocycles. The third kappa shape index (κ3) is 5.48. The van der Waals surface area contributed by atoms with Crippen molar-refractivity contribution >= 4 is 29.3 Å². The Morgan fingerprint density at radius 1 is 1.04 bits per heavy atom. The highest BCUT2D eigenvalue weighted by Crippen LogP contribution is 2.24. The molecule has 1 aromatic carbocycles. The smallest absolute Gasteiger partial charge is 0.234 e. The van der Waals surface area contributed by atoms with E-state index in [0.717, 1.165) is 43.5 Å². The van der Waals surface area contributed by atoms with Gasteiger partial charge in [0.15, 0.2) is 0 Å². The molecule has 0 aromatic heterocycles. The third-order valence-corrected chi connectivity index (χ3v) is 6.22. The molecule has 2 aliphatic rings. The summed E-state index contributed by atoms with van der Waals surface area (Å²) in [4.78, 5) is 28.8. The van der Waals surface area contributed by atoms with Gasteiger partial charge in [-0.1, -0.05) is 30.5 Å². The van der Waals surface area contributed by atoms with Crippen molar-refractivity contribution in [3.63, 3.8) is 0 Å². The Kier molecular flexibility index (Phi) is 6.97. The van der Waals surface area contributed by atoms with Gasteiger partial charge in [-0.3, -0.25) is 14.5 Å². The average molecular weight is 376 g/mol. The molecule has 26 heavy (non-hydrogen) atoms. The van der Waals surface area contributed by atoms with Crippen LogP contribution in [0.4, 0.5) is 5.69 Å². The number of amides is 2. The zero-order valence-corrected chi connectivity index (χ0v) is 16.4. The van der Waals surface area contributed by atoms with Crippen molar-refractivity contribution in [3.8, 4) is 0 Å². The minimum Gasteiger partial charge on any atom is -0.339 e. The van der Waals surface area contributed by atoms with E-state index in [1.807, 2.05) is 36.1 Å². The number of carbonyl (C=O) groups is 2. The summed E-state index contributed by atoms with van der Waals surface area (Å²) in [7, 11) is 0. The summed E-state index contributed by atoms with van der Waals surface area (Å²) in [6.07, 6.45) is 5.34. The molecule has 142 valence electrons. The van der Waals surface area contributed by atoms with Gasteiger partial charge in [0.05, 0.1) is 11.5 Å². The van der Waals surface area contributed by atoms with Crippen LogP contribution in [0.15, 0.2) is 24.3 Å². The number of aryl methyl sites for hydroxylation is 1. The molecule has 1 N–H and O–H groups in total. The lowest BCUT2D eigenvalue weighted by molar-refractivity contribution is -0.130. The molecule has 3 rings (SSSR count). The fraction of sp³-hybridized carbons (Fsp3) is 0.600. The van der Waals surface area contributed by atoms with Crippen LogP contribution >= 0.6 is 11.8 Å². The minimum atomic E-state index is -0.0577. The number of benzene rings is 1. The monoisotopic (exact) mass is 375 g/mol. The molecular formula is C20H29N3O2S. The molecule has 5 nitrogen and oxygen atoms in total. The summed E-state index contributed by atoms with van der Waals surface area (Å²) >= 11 is 1.39. The fourth-order valence-corrected chi connectivity index (χ4v) is 4.48. The van der Waals surface area contributed by atoms with E-state index in [1.165, 1.54) is 37.4 Å². The maximum absolute atomic E-state index is 12.4. The molecule has 1 saturated heterocycles. The molecule has 1 saturated carbocycles. The summed E-state index contributed by atoms with van der Waals surface area (Å²) < 4.78 is 0. The van der Waals surface area contributed by atoms with Crippen molar-refractivity contribution in [3.05, 3.63) is 29.8 Å². The predicted octanol–water partition coefficient (Wildman–Crippen LogP) is 2.75. The van der Waals surface area contributed by atoms with E-state index in [9.17, 15) is 9.59 Å². The zero-order chi connectivity index (χ0) is 18.4. The Bertz CT molecular complexity index is 606. The summed E-state index contributed by atoms with van der Waals surface area (Å²) in [5.41, 5.74) is 1.96. The third-order valence-electron chi connectivity index (χ3n) is 5.30. The van der Waals surface area contributed by atoms with E-state index in [0.29, 0.717) is 11.5 Å². The van der Waals surface area contributed by atoms with Crippen LogP contribution in [0.2, 0.25) is 0 Å². The summed E-state index contributed by atoms with van der Waals surface area (Å²) in [5, 5.41) is 2.87. The molecule has 0 bridgehead atoms. The van der Waals surface area contributed by atoms with Crippen LogP contribution in [-0.4, -0.2) is 65.3 Å². The Balaban J connectivity index is 1.32. The van der Waals surface area contributed by atoms with Gasteiger partial charge in [-0.25, -0.2) is 0 Å². The molecule has 2 amide bonds. The Morgan fingerprint density at radius 3 is 2.35 bits per heavy atom. The largest absolute Gasteiger partial charge is 0.339 e. The van der Waals surface area contributed by atoms with E-state index in [1.54, 1.807) is 0 Å². The number of thioether (sulfide) groups is 1. The number of piperazine rings is 1. The molecule has 1 aliphatic heterocycles. The van der Waals surface area contributed by atoms with E-state index < -0.39 is 0 Å². The maximum Gasteiger partial charge on any atom is 0.234 e. The van der Waals surface area contributed by atoms with Gasteiger partial charge >= 0.3 is 0 Å². The second-order valence-electron chi connectivity index (χ2n) is 7.26. The number of hydrogen-bond donors (Lipinski definition) is 1. The van der Waals surface area contributed by atoms with E-state index in [4.69, 9.17) is 0 Å². The standard InChI is InChI=1S/C20H29N3O2S/c1-16-6-8-17(9-7-16)21-19(24)14-26-15-20(25)23-12-10-22(11-13-23)18-4-2-3-5-18/h6-9,18H,2-5,10-15H2,1H3,(H,21,24). The van der Waals surface area contributed by atoms with Gasteiger partial charge in [-0.2, -0.15) is 0 Å². The molecule has 0 spiro atoms. The molecule has 0 atom stereocenters. The molecule has 1 aromatic rings. The van der Waals surface area contributed by atoms with E-state index >= 15 is 0 Å². The first-order valence-electron chi connectivity index (χ1n) is 9.58. The van der Waals surface area contributed by atoms with Crippen LogP contribution in [-0.2, 0) is 9.59 Å². The Hall–Kier alpha value is -1.53. The predicted molar refractivity (Wildman–Crippen MR) is 108 cm³/mol. The van der Waals surface area contributed by atoms with Gasteiger partial charge in [-0.05, 0) is 31.9 Å². The number of anilines is 1. The highest BCUT2D eigenvalue weighted by molar-refractivity contribution is 8.00. The number of nitrogens with zero attached hydrogens (tertiary/aromatic N) is 2. The minimum absolute atomic E-state index is 0.0577. The van der Waals surface area contributed by atoms with Crippen LogP contribution in [0.3, 0.4) is 0 Å². The van der Waals surface area contributed by atoms with E-state index in [2.05, 4.69) is 10.2 Å². The van der Waals surface area contributed by atoms with Crippen molar-refractivity contribution < 1.29 is 9.59 Å². The van der Waals surface area contributed by atoms with Gasteiger partial charge < -0.3 is 10.2 Å². The second kappa shape index (κ2) is 9.42. The van der Waals surface area contributed by atoms with Gasteiger partial charge in [-0.15, -0.1) is 11.8 Å². The Morgan fingerprint density at radius 2 is 1.69 bits per heavy atom. The molecule has 1 aliphatic carbocycles. The van der Waals surface area contributed by atoms with Gasteiger partial charge in [0.2, 0.25) is 11.8 Å². The first-order chi connectivity index (χ1) is 12.6. The number of nitrogens with one attached hydrogen (secondary N) is 1. The van der Waals surface area contributed by atoms with Crippen LogP contribution < -0.4 is 5.32 Å². The normalized spacial score (nSPS) is 18.9. The lowest BCUT2D eigenvalue weighted by Gasteiger charge is -2.38. The van der Waals surface area contributed by atoms with Crippen molar-refractivity contribution in [2.45, 2.75) is 38.6 Å². The SMILES string of the molecule is Cc1ccc(NC(=O)CSCC(=O)N2CCN(C3CCCC3)CC2)cc1. The van der Waals surface area contributed by atoms with Crippen molar-refractivity contribution in [1.82, 2.24) is 9.80 Å². The van der Waals surface area contributed by atoms with Gasteiger partial charge in [0, 0.05) is 37.9 Å². The van der Waals surface area contributed by atoms with Crippen LogP contribution in [0.25, 0.3) is 0 Å². The lowest BCUT2D eigenvalue weighted by Crippen LogP contribution is -2.51. The maximum atomic E-state index is 12.4. The van der Waals surface area contributed by atoms with Gasteiger partial charge in [0.25, 0.3) is 0 Å². The first kappa shape index (κ1) is 19.2. The van der Waals surface area contributed by atoms with Crippen LogP contribution in [0.5, 0.6) is 0 Å². The lowest BCUT2D eigenvalue weighted by atomic mass is 10.2. The Labute approximate surface area is 160 Å². The van der Waals surface area contributed by atoms with E-state index in [-0.39, 0.29) is 11.8 Å². The zero-order valence-electron chi connectivity index (χ0n) is 15.6. The molecule has 0 radical (unpaired) electrons. The van der Waals surface area contributed by atoms with Crippen LogP contribution in [0.1, 0.15) is 31.2 Å². The molecular weight excluding hydrogens is 346 g/mol. The second-order valence-corrected chi connectivity index (χ2v) is 8.25. The average Bonchev–Trinajstić information content (AvgIpc) is 3.18. The number of carbonyl (C=O) groups excluding carboxylic acids is 2. The molecule has 6 heteroatoms. The molecule has 0 unspecified atom stereocenters. The first-order valence-corrected chi connectivity index (χ1v) is 10.7. The topological polar surface area (TPSA) is 52.7 Å². The fourth-order valence-electron chi connectivity index (χ4n) is 3.76. The van der Waals surface area contributed by atoms with Crippen molar-refractivity contribution in [2.75, 3.05) is 43.0 Å². The van der Waals surface area contributed by atoms with Gasteiger partial charge in [0.1, 0.15) is 0 Å². The quantitative estimate of drug-likeness (QED) is 0.831. The highest BCUT2D eigenvalue weighted by Gasteiger charge is 2.27. The summed E-state index contributed by atoms with van der Waals surface area (Å²) in [5.74, 6) is 0.786. The van der Waals surface area contributed by atoms with Crippen LogP contribution in [0, 0.1) is 6.92 Å². The highest BCUT2D eigenvalue weighted by atomic mass is 32.2. The number of rotatable bonds is 6. The van der Waals surface area contributed by atoms with Crippen molar-refractivity contribution in [2.24, 2.45) is 0 Å². The van der Waals surface area contributed by atoms with Crippen molar-refractivity contribution in [1.29, 1.82) is 0 Å². The summed E-state index contributed by atoms with van der Waals surface area (Å²) in [6.45, 7) is 5.65. The summed E-state index contributed by atoms with van der Waals surface area (Å²) in [6, 6.07) is 8.47. The molecule has 2 fully saturated rings.